The van der Waals surface area contributed by atoms with Crippen LogP contribution in [0.5, 0.6) is 5.75 Å². The molecule has 29 heavy (non-hydrogen) atoms. The van der Waals surface area contributed by atoms with Crippen LogP contribution in [-0.2, 0) is 16.6 Å². The standard InChI is InChI=1S/C20H26N4O3S.HI/c1-22-20(23-15-16-7-9-19(10-8-16)28(21,25)26)24-13-11-18(12-14-24)27-17-5-3-2-4-6-17;/h2-10,18H,11-15H2,1H3,(H,22,23)(H2,21,25,26);1H. The molecule has 0 aliphatic carbocycles. The van der Waals surface area contributed by atoms with E-state index in [1.165, 1.54) is 12.1 Å². The van der Waals surface area contributed by atoms with Gasteiger partial charge in [-0.25, -0.2) is 13.6 Å². The van der Waals surface area contributed by atoms with Crippen molar-refractivity contribution in [3.05, 3.63) is 60.2 Å². The number of primary sulfonamides is 1. The normalized spacial score (nSPS) is 15.5. The maximum absolute atomic E-state index is 11.3. The Morgan fingerprint density at radius 1 is 1.14 bits per heavy atom. The molecule has 1 heterocycles. The summed E-state index contributed by atoms with van der Waals surface area (Å²) in [5.41, 5.74) is 0.954. The molecule has 0 aromatic heterocycles. The van der Waals surface area contributed by atoms with E-state index in [0.29, 0.717) is 6.54 Å². The second-order valence-corrected chi connectivity index (χ2v) is 8.27. The summed E-state index contributed by atoms with van der Waals surface area (Å²) in [6, 6.07) is 16.4. The minimum atomic E-state index is -3.66. The Morgan fingerprint density at radius 2 is 1.76 bits per heavy atom. The number of benzene rings is 2. The lowest BCUT2D eigenvalue weighted by Gasteiger charge is -2.34. The number of likely N-dealkylation sites (tertiary alicyclic amines) is 1. The zero-order valence-electron chi connectivity index (χ0n) is 16.3. The first-order valence-corrected chi connectivity index (χ1v) is 10.8. The molecule has 0 saturated carbocycles. The van der Waals surface area contributed by atoms with Gasteiger partial charge in [0.1, 0.15) is 11.9 Å². The van der Waals surface area contributed by atoms with Gasteiger partial charge in [-0.2, -0.15) is 0 Å². The van der Waals surface area contributed by atoms with Crippen LogP contribution in [0, 0.1) is 0 Å². The second-order valence-electron chi connectivity index (χ2n) is 6.71. The van der Waals surface area contributed by atoms with Gasteiger partial charge in [0.25, 0.3) is 0 Å². The summed E-state index contributed by atoms with van der Waals surface area (Å²) in [5.74, 6) is 1.74. The van der Waals surface area contributed by atoms with E-state index in [1.54, 1.807) is 19.2 Å². The van der Waals surface area contributed by atoms with Crippen molar-refractivity contribution in [3.63, 3.8) is 0 Å². The Kier molecular flexibility index (Phi) is 8.72. The fourth-order valence-electron chi connectivity index (χ4n) is 3.19. The van der Waals surface area contributed by atoms with Gasteiger partial charge in [0.15, 0.2) is 5.96 Å². The summed E-state index contributed by atoms with van der Waals surface area (Å²) >= 11 is 0. The first kappa shape index (κ1) is 23.4. The second kappa shape index (κ2) is 10.8. The number of halogens is 1. The molecule has 0 atom stereocenters. The Bertz CT molecular complexity index is 897. The molecule has 9 heteroatoms. The number of para-hydroxylation sites is 1. The van der Waals surface area contributed by atoms with E-state index >= 15 is 0 Å². The van der Waals surface area contributed by atoms with Crippen LogP contribution in [0.2, 0.25) is 0 Å². The van der Waals surface area contributed by atoms with Gasteiger partial charge in [-0.15, -0.1) is 24.0 Å². The van der Waals surface area contributed by atoms with Crippen LogP contribution in [0.25, 0.3) is 0 Å². The molecule has 0 spiro atoms. The van der Waals surface area contributed by atoms with E-state index < -0.39 is 10.0 Å². The first-order valence-electron chi connectivity index (χ1n) is 9.25. The summed E-state index contributed by atoms with van der Waals surface area (Å²) in [4.78, 5) is 6.69. The van der Waals surface area contributed by atoms with Crippen LogP contribution >= 0.6 is 24.0 Å². The number of sulfonamides is 1. The molecule has 3 N–H and O–H groups in total. The maximum atomic E-state index is 11.3. The van der Waals surface area contributed by atoms with E-state index in [2.05, 4.69) is 15.2 Å². The van der Waals surface area contributed by atoms with Gasteiger partial charge in [-0.3, -0.25) is 4.99 Å². The molecule has 0 radical (unpaired) electrons. The van der Waals surface area contributed by atoms with Crippen molar-refractivity contribution in [3.8, 4) is 5.75 Å². The SMILES string of the molecule is CN=C(NCc1ccc(S(N)(=O)=O)cc1)N1CCC(Oc2ccccc2)CC1.I. The third kappa shape index (κ3) is 6.86. The number of rotatable bonds is 5. The molecule has 1 aliphatic rings. The number of aliphatic imine (C=N–C) groups is 1. The average Bonchev–Trinajstić information content (AvgIpc) is 2.70. The third-order valence-electron chi connectivity index (χ3n) is 4.70. The molecule has 3 rings (SSSR count). The zero-order valence-corrected chi connectivity index (χ0v) is 19.5. The predicted octanol–water partition coefficient (Wildman–Crippen LogP) is 2.57. The molecular weight excluding hydrogens is 503 g/mol. The van der Waals surface area contributed by atoms with Gasteiger partial charge in [-0.05, 0) is 29.8 Å². The van der Waals surface area contributed by atoms with E-state index in [0.717, 1.165) is 43.2 Å². The van der Waals surface area contributed by atoms with Crippen molar-refractivity contribution in [2.75, 3.05) is 20.1 Å². The largest absolute Gasteiger partial charge is 0.490 e. The average molecular weight is 530 g/mol. The predicted molar refractivity (Wildman–Crippen MR) is 125 cm³/mol. The fourth-order valence-corrected chi connectivity index (χ4v) is 3.70. The highest BCUT2D eigenvalue weighted by molar-refractivity contribution is 14.0. The number of ether oxygens (including phenoxy) is 1. The fraction of sp³-hybridized carbons (Fsp3) is 0.350. The molecule has 7 nitrogen and oxygen atoms in total. The quantitative estimate of drug-likeness (QED) is 0.352. The molecule has 2 aromatic carbocycles. The molecule has 0 unspecified atom stereocenters. The smallest absolute Gasteiger partial charge is 0.238 e. The van der Waals surface area contributed by atoms with Crippen LogP contribution in [0.1, 0.15) is 18.4 Å². The lowest BCUT2D eigenvalue weighted by atomic mass is 10.1. The summed E-state index contributed by atoms with van der Waals surface area (Å²) < 4.78 is 28.7. The summed E-state index contributed by atoms with van der Waals surface area (Å²) in [7, 11) is -1.90. The minimum Gasteiger partial charge on any atom is -0.490 e. The van der Waals surface area contributed by atoms with Crippen LogP contribution in [0.4, 0.5) is 0 Å². The molecule has 1 saturated heterocycles. The Balaban J connectivity index is 0.00000300. The molecule has 1 aliphatic heterocycles. The van der Waals surface area contributed by atoms with Crippen LogP contribution in [0.15, 0.2) is 64.5 Å². The number of nitrogens with two attached hydrogens (primary N) is 1. The van der Waals surface area contributed by atoms with Gasteiger partial charge < -0.3 is 15.0 Å². The lowest BCUT2D eigenvalue weighted by molar-refractivity contribution is 0.129. The number of nitrogens with one attached hydrogen (secondary N) is 1. The highest BCUT2D eigenvalue weighted by atomic mass is 127. The van der Waals surface area contributed by atoms with Gasteiger partial charge in [0.2, 0.25) is 10.0 Å². The highest BCUT2D eigenvalue weighted by Gasteiger charge is 2.22. The lowest BCUT2D eigenvalue weighted by Crippen LogP contribution is -2.47. The first-order chi connectivity index (χ1) is 13.5. The summed E-state index contributed by atoms with van der Waals surface area (Å²) in [5, 5.41) is 8.46. The van der Waals surface area contributed by atoms with E-state index in [-0.39, 0.29) is 35.0 Å². The molecule has 0 amide bonds. The Morgan fingerprint density at radius 3 is 2.31 bits per heavy atom. The highest BCUT2D eigenvalue weighted by Crippen LogP contribution is 2.18. The zero-order chi connectivity index (χ0) is 20.0. The summed E-state index contributed by atoms with van der Waals surface area (Å²) in [6.45, 7) is 2.28. The van der Waals surface area contributed by atoms with Crippen molar-refractivity contribution in [2.24, 2.45) is 10.1 Å². The van der Waals surface area contributed by atoms with Crippen molar-refractivity contribution in [1.29, 1.82) is 0 Å². The van der Waals surface area contributed by atoms with Crippen molar-refractivity contribution >= 4 is 40.0 Å². The molecule has 1 fully saturated rings. The third-order valence-corrected chi connectivity index (χ3v) is 5.63. The minimum absolute atomic E-state index is 0. The van der Waals surface area contributed by atoms with Gasteiger partial charge in [0.05, 0.1) is 4.90 Å². The monoisotopic (exact) mass is 530 g/mol. The topological polar surface area (TPSA) is 97.0 Å². The van der Waals surface area contributed by atoms with Crippen LogP contribution < -0.4 is 15.2 Å². The van der Waals surface area contributed by atoms with Crippen molar-refractivity contribution in [2.45, 2.75) is 30.4 Å². The van der Waals surface area contributed by atoms with E-state index in [9.17, 15) is 8.42 Å². The number of hydrogen-bond donors (Lipinski definition) is 2. The number of guanidine groups is 1. The molecule has 158 valence electrons. The van der Waals surface area contributed by atoms with Gasteiger partial charge in [0, 0.05) is 39.5 Å². The van der Waals surface area contributed by atoms with Gasteiger partial charge in [-0.1, -0.05) is 30.3 Å². The Labute approximate surface area is 189 Å². The number of hydrogen-bond acceptors (Lipinski definition) is 4. The van der Waals surface area contributed by atoms with Gasteiger partial charge >= 0.3 is 0 Å². The Hall–Kier alpha value is -1.85. The maximum Gasteiger partial charge on any atom is 0.238 e. The molecular formula is C20H27IN4O3S. The summed E-state index contributed by atoms with van der Waals surface area (Å²) in [6.07, 6.45) is 2.07. The van der Waals surface area contributed by atoms with E-state index in [4.69, 9.17) is 9.88 Å². The number of nitrogens with zero attached hydrogens (tertiary/aromatic N) is 2. The van der Waals surface area contributed by atoms with Crippen LogP contribution in [0.3, 0.4) is 0 Å². The van der Waals surface area contributed by atoms with Crippen molar-refractivity contribution in [1.82, 2.24) is 10.2 Å². The molecule has 0 bridgehead atoms. The number of piperidine rings is 1. The van der Waals surface area contributed by atoms with Crippen LogP contribution in [-0.4, -0.2) is 45.5 Å². The molecule has 2 aromatic rings. The van der Waals surface area contributed by atoms with E-state index in [1.807, 2.05) is 30.3 Å². The van der Waals surface area contributed by atoms with Crippen molar-refractivity contribution < 1.29 is 13.2 Å².